The highest BCUT2D eigenvalue weighted by molar-refractivity contribution is 9.10. The van der Waals surface area contributed by atoms with Gasteiger partial charge in [-0.2, -0.15) is 0 Å². The molecule has 2 rings (SSSR count). The van der Waals surface area contributed by atoms with Crippen molar-refractivity contribution in [2.24, 2.45) is 5.41 Å². The van der Waals surface area contributed by atoms with Crippen molar-refractivity contribution in [3.8, 4) is 0 Å². The summed E-state index contributed by atoms with van der Waals surface area (Å²) in [5, 5.41) is 3.59. The third-order valence-electron chi connectivity index (χ3n) is 3.80. The lowest BCUT2D eigenvalue weighted by Gasteiger charge is -2.29. The molecule has 0 radical (unpaired) electrons. The molecule has 0 spiro atoms. The Bertz CT molecular complexity index is 397. The van der Waals surface area contributed by atoms with Crippen molar-refractivity contribution in [2.45, 2.75) is 45.6 Å². The zero-order chi connectivity index (χ0) is 13.2. The summed E-state index contributed by atoms with van der Waals surface area (Å²) in [5.74, 6) is -0.159. The van der Waals surface area contributed by atoms with Crippen molar-refractivity contribution in [1.82, 2.24) is 5.32 Å². The Balaban J connectivity index is 2.02. The molecule has 0 bridgehead atoms. The molecule has 1 aromatic rings. The minimum atomic E-state index is -0.159. The van der Waals surface area contributed by atoms with Gasteiger partial charge in [0.1, 0.15) is 5.82 Å². The Morgan fingerprint density at radius 1 is 1.39 bits per heavy atom. The molecule has 3 heteroatoms. The molecule has 18 heavy (non-hydrogen) atoms. The van der Waals surface area contributed by atoms with Gasteiger partial charge in [0.15, 0.2) is 0 Å². The minimum Gasteiger partial charge on any atom is -0.313 e. The van der Waals surface area contributed by atoms with Gasteiger partial charge < -0.3 is 5.32 Å². The Morgan fingerprint density at radius 3 is 2.67 bits per heavy atom. The van der Waals surface area contributed by atoms with E-state index in [9.17, 15) is 4.39 Å². The number of halogens is 2. The van der Waals surface area contributed by atoms with Crippen LogP contribution in [0.3, 0.4) is 0 Å². The monoisotopic (exact) mass is 313 g/mol. The fourth-order valence-corrected chi connectivity index (χ4v) is 2.71. The predicted molar refractivity (Wildman–Crippen MR) is 77.2 cm³/mol. The summed E-state index contributed by atoms with van der Waals surface area (Å²) in [5.41, 5.74) is 1.28. The number of hydrogen-bond donors (Lipinski definition) is 1. The smallest absolute Gasteiger partial charge is 0.124 e. The molecule has 1 aromatic carbocycles. The lowest BCUT2D eigenvalue weighted by molar-refractivity contribution is 0.289. The first-order chi connectivity index (χ1) is 8.50. The molecular formula is C15H21BrFN. The van der Waals surface area contributed by atoms with Crippen LogP contribution in [0.2, 0.25) is 0 Å². The van der Waals surface area contributed by atoms with E-state index in [4.69, 9.17) is 0 Å². The molecule has 1 unspecified atom stereocenters. The molecule has 1 atom stereocenters. The summed E-state index contributed by atoms with van der Waals surface area (Å²) in [4.78, 5) is 0. The van der Waals surface area contributed by atoms with Crippen molar-refractivity contribution in [3.63, 3.8) is 0 Å². The molecule has 100 valence electrons. The fourth-order valence-electron chi connectivity index (χ4n) is 2.20. The van der Waals surface area contributed by atoms with Crippen LogP contribution in [0.25, 0.3) is 0 Å². The summed E-state index contributed by atoms with van der Waals surface area (Å²) < 4.78 is 14.2. The largest absolute Gasteiger partial charge is 0.313 e. The number of rotatable bonds is 6. The first kappa shape index (κ1) is 14.0. The van der Waals surface area contributed by atoms with E-state index >= 15 is 0 Å². The van der Waals surface area contributed by atoms with Gasteiger partial charge >= 0.3 is 0 Å². The Labute approximate surface area is 117 Å². The predicted octanol–water partition coefficient (Wildman–Crippen LogP) is 4.30. The van der Waals surface area contributed by atoms with Crippen molar-refractivity contribution in [1.29, 1.82) is 0 Å². The molecule has 0 aromatic heterocycles. The molecule has 0 saturated heterocycles. The molecular weight excluding hydrogens is 293 g/mol. The second-order valence-electron chi connectivity index (χ2n) is 5.77. The van der Waals surface area contributed by atoms with Crippen LogP contribution in [0, 0.1) is 11.2 Å². The summed E-state index contributed by atoms with van der Waals surface area (Å²) in [6.07, 6.45) is 4.64. The topological polar surface area (TPSA) is 12.0 Å². The standard InChI is InChI=1S/C15H21BrFN/c1-3-15(2,10-18-14-4-5-14)9-11-6-12(16)8-13(17)7-11/h6-8,14,18H,3-5,9-10H2,1-2H3. The van der Waals surface area contributed by atoms with Crippen LogP contribution in [-0.4, -0.2) is 12.6 Å². The zero-order valence-corrected chi connectivity index (χ0v) is 12.7. The number of hydrogen-bond acceptors (Lipinski definition) is 1. The molecule has 1 aliphatic carbocycles. The van der Waals surface area contributed by atoms with Crippen molar-refractivity contribution < 1.29 is 4.39 Å². The van der Waals surface area contributed by atoms with Gasteiger partial charge in [-0.25, -0.2) is 4.39 Å². The maximum absolute atomic E-state index is 13.4. The van der Waals surface area contributed by atoms with Crippen LogP contribution in [0.4, 0.5) is 4.39 Å². The highest BCUT2D eigenvalue weighted by Crippen LogP contribution is 2.29. The van der Waals surface area contributed by atoms with Gasteiger partial charge in [0, 0.05) is 17.1 Å². The quantitative estimate of drug-likeness (QED) is 0.825. The third-order valence-corrected chi connectivity index (χ3v) is 4.26. The number of nitrogens with one attached hydrogen (secondary N) is 1. The van der Waals surface area contributed by atoms with E-state index in [0.29, 0.717) is 0 Å². The van der Waals surface area contributed by atoms with E-state index in [1.807, 2.05) is 6.07 Å². The van der Waals surface area contributed by atoms with Gasteiger partial charge in [0.2, 0.25) is 0 Å². The van der Waals surface area contributed by atoms with E-state index in [0.717, 1.165) is 35.5 Å². The lowest BCUT2D eigenvalue weighted by Crippen LogP contribution is -2.34. The Kier molecular flexibility index (Phi) is 4.44. The van der Waals surface area contributed by atoms with E-state index in [1.54, 1.807) is 6.07 Å². The summed E-state index contributed by atoms with van der Waals surface area (Å²) in [6.45, 7) is 5.51. The third kappa shape index (κ3) is 4.06. The van der Waals surface area contributed by atoms with Crippen LogP contribution in [0.15, 0.2) is 22.7 Å². The van der Waals surface area contributed by atoms with Gasteiger partial charge in [0.05, 0.1) is 0 Å². The maximum atomic E-state index is 13.4. The highest BCUT2D eigenvalue weighted by atomic mass is 79.9. The van der Waals surface area contributed by atoms with Crippen LogP contribution in [0.1, 0.15) is 38.7 Å². The first-order valence-electron chi connectivity index (χ1n) is 6.69. The van der Waals surface area contributed by atoms with Crippen LogP contribution < -0.4 is 5.32 Å². The average Bonchev–Trinajstić information content (AvgIpc) is 3.09. The van der Waals surface area contributed by atoms with E-state index in [-0.39, 0.29) is 11.2 Å². The molecule has 0 aliphatic heterocycles. The van der Waals surface area contributed by atoms with Crippen molar-refractivity contribution >= 4 is 15.9 Å². The summed E-state index contributed by atoms with van der Waals surface area (Å²) in [7, 11) is 0. The zero-order valence-electron chi connectivity index (χ0n) is 11.1. The minimum absolute atomic E-state index is 0.159. The van der Waals surface area contributed by atoms with Crippen molar-refractivity contribution in [3.05, 3.63) is 34.1 Å². The molecule has 1 N–H and O–H groups in total. The normalized spacial score (nSPS) is 18.7. The highest BCUT2D eigenvalue weighted by Gasteiger charge is 2.27. The SMILES string of the molecule is CCC(C)(CNC1CC1)Cc1cc(F)cc(Br)c1. The molecule has 0 heterocycles. The average molecular weight is 314 g/mol. The van der Waals surface area contributed by atoms with Crippen LogP contribution in [-0.2, 0) is 6.42 Å². The maximum Gasteiger partial charge on any atom is 0.124 e. The van der Waals surface area contributed by atoms with Crippen molar-refractivity contribution in [2.75, 3.05) is 6.54 Å². The molecule has 0 amide bonds. The summed E-state index contributed by atoms with van der Waals surface area (Å²) in [6, 6.07) is 5.91. The first-order valence-corrected chi connectivity index (χ1v) is 7.48. The van der Waals surface area contributed by atoms with E-state index < -0.39 is 0 Å². The van der Waals surface area contributed by atoms with Crippen LogP contribution >= 0.6 is 15.9 Å². The number of benzene rings is 1. The molecule has 1 aliphatic rings. The molecule has 1 fully saturated rings. The molecule has 1 nitrogen and oxygen atoms in total. The van der Waals surface area contributed by atoms with E-state index in [1.165, 1.54) is 18.9 Å². The Hall–Kier alpha value is -0.410. The van der Waals surface area contributed by atoms with Crippen LogP contribution in [0.5, 0.6) is 0 Å². The van der Waals surface area contributed by atoms with Gasteiger partial charge in [-0.15, -0.1) is 0 Å². The van der Waals surface area contributed by atoms with Gasteiger partial charge in [0.25, 0.3) is 0 Å². The fraction of sp³-hybridized carbons (Fsp3) is 0.600. The molecule has 1 saturated carbocycles. The summed E-state index contributed by atoms with van der Waals surface area (Å²) >= 11 is 3.36. The lowest BCUT2D eigenvalue weighted by atomic mass is 9.81. The second kappa shape index (κ2) is 5.70. The van der Waals surface area contributed by atoms with Gasteiger partial charge in [-0.05, 0) is 54.9 Å². The second-order valence-corrected chi connectivity index (χ2v) is 6.69. The Morgan fingerprint density at radius 2 is 2.11 bits per heavy atom. The van der Waals surface area contributed by atoms with Gasteiger partial charge in [-0.3, -0.25) is 0 Å². The van der Waals surface area contributed by atoms with Gasteiger partial charge in [-0.1, -0.05) is 29.8 Å². The van der Waals surface area contributed by atoms with E-state index in [2.05, 4.69) is 35.1 Å².